The van der Waals surface area contributed by atoms with Crippen molar-refractivity contribution in [2.75, 3.05) is 51.3 Å². The van der Waals surface area contributed by atoms with Gasteiger partial charge in [0, 0.05) is 31.4 Å². The van der Waals surface area contributed by atoms with Crippen LogP contribution in [-0.2, 0) is 15.7 Å². The molecule has 1 fully saturated rings. The number of esters is 1. The predicted molar refractivity (Wildman–Crippen MR) is 109 cm³/mol. The molecule has 2 aromatic rings. The Bertz CT molecular complexity index is 886. The van der Waals surface area contributed by atoms with Gasteiger partial charge in [0.15, 0.2) is 5.82 Å². The van der Waals surface area contributed by atoms with Crippen LogP contribution in [0.25, 0.3) is 11.4 Å². The number of hydrogen-bond donors (Lipinski definition) is 1. The number of carbonyl (C=O) groups excluding carboxylic acids is 1. The minimum absolute atomic E-state index is 0.0924. The number of halogens is 3. The summed E-state index contributed by atoms with van der Waals surface area (Å²) in [6.45, 7) is 6.44. The standard InChI is InChI=1S/C21H25F3N4O3/c1-2-31-20(29)17-14-26-18(15-5-3-6-16(13-15)21(22,23)24)27-19(17)25-7-4-8-28-9-11-30-12-10-28/h3,5-6,13-14H,2,4,7-12H2,1H3,(H,25,26,27). The lowest BCUT2D eigenvalue weighted by Gasteiger charge is -2.26. The van der Waals surface area contributed by atoms with Crippen LogP contribution in [0, 0.1) is 0 Å². The molecule has 1 aromatic carbocycles. The first kappa shape index (κ1) is 23.0. The fourth-order valence-corrected chi connectivity index (χ4v) is 3.18. The molecule has 0 atom stereocenters. The molecule has 31 heavy (non-hydrogen) atoms. The van der Waals surface area contributed by atoms with Crippen LogP contribution in [0.3, 0.4) is 0 Å². The summed E-state index contributed by atoms with van der Waals surface area (Å²) in [5, 5.41) is 3.12. The van der Waals surface area contributed by atoms with Crippen molar-refractivity contribution in [1.82, 2.24) is 14.9 Å². The molecule has 2 heterocycles. The second-order valence-electron chi connectivity index (χ2n) is 6.99. The molecule has 168 valence electrons. The molecule has 3 rings (SSSR count). The maximum Gasteiger partial charge on any atom is 0.416 e. The van der Waals surface area contributed by atoms with Gasteiger partial charge < -0.3 is 14.8 Å². The fraction of sp³-hybridized carbons (Fsp3) is 0.476. The topological polar surface area (TPSA) is 76.6 Å². The van der Waals surface area contributed by atoms with E-state index >= 15 is 0 Å². The molecular weight excluding hydrogens is 413 g/mol. The quantitative estimate of drug-likeness (QED) is 0.500. The molecule has 1 aliphatic heterocycles. The number of alkyl halides is 3. The molecule has 0 radical (unpaired) electrons. The van der Waals surface area contributed by atoms with Crippen molar-refractivity contribution in [2.24, 2.45) is 0 Å². The molecule has 1 aromatic heterocycles. The summed E-state index contributed by atoms with van der Waals surface area (Å²) in [4.78, 5) is 23.0. The van der Waals surface area contributed by atoms with Gasteiger partial charge in [0.25, 0.3) is 0 Å². The van der Waals surface area contributed by atoms with Gasteiger partial charge >= 0.3 is 12.1 Å². The highest BCUT2D eigenvalue weighted by atomic mass is 19.4. The molecule has 0 aliphatic carbocycles. The van der Waals surface area contributed by atoms with Crippen molar-refractivity contribution < 1.29 is 27.4 Å². The summed E-state index contributed by atoms with van der Waals surface area (Å²) in [5.41, 5.74) is -0.436. The third kappa shape index (κ3) is 6.38. The largest absolute Gasteiger partial charge is 0.462 e. The van der Waals surface area contributed by atoms with E-state index < -0.39 is 17.7 Å². The van der Waals surface area contributed by atoms with Gasteiger partial charge in [-0.1, -0.05) is 12.1 Å². The number of benzene rings is 1. The van der Waals surface area contributed by atoms with Gasteiger partial charge in [0.1, 0.15) is 11.4 Å². The normalized spacial score (nSPS) is 15.0. The molecule has 7 nitrogen and oxygen atoms in total. The van der Waals surface area contributed by atoms with Gasteiger partial charge in [0.05, 0.1) is 25.4 Å². The number of aromatic nitrogens is 2. The summed E-state index contributed by atoms with van der Waals surface area (Å²) in [6, 6.07) is 4.77. The Hall–Kier alpha value is -2.72. The fourth-order valence-electron chi connectivity index (χ4n) is 3.18. The van der Waals surface area contributed by atoms with Crippen molar-refractivity contribution in [1.29, 1.82) is 0 Å². The van der Waals surface area contributed by atoms with E-state index in [9.17, 15) is 18.0 Å². The van der Waals surface area contributed by atoms with Gasteiger partial charge in [-0.05, 0) is 32.0 Å². The second kappa shape index (κ2) is 10.5. The minimum Gasteiger partial charge on any atom is -0.462 e. The van der Waals surface area contributed by atoms with E-state index in [0.29, 0.717) is 19.8 Å². The van der Waals surface area contributed by atoms with Gasteiger partial charge in [0.2, 0.25) is 0 Å². The lowest BCUT2D eigenvalue weighted by molar-refractivity contribution is -0.137. The molecule has 1 saturated heterocycles. The van der Waals surface area contributed by atoms with Crippen LogP contribution in [0.1, 0.15) is 29.3 Å². The monoisotopic (exact) mass is 438 g/mol. The van der Waals surface area contributed by atoms with Gasteiger partial charge in [-0.25, -0.2) is 14.8 Å². The van der Waals surface area contributed by atoms with Crippen molar-refractivity contribution in [3.63, 3.8) is 0 Å². The van der Waals surface area contributed by atoms with Crippen LogP contribution in [0.2, 0.25) is 0 Å². The summed E-state index contributed by atoms with van der Waals surface area (Å²) in [5.74, 6) is -0.258. The van der Waals surface area contributed by atoms with E-state index in [-0.39, 0.29) is 29.4 Å². The summed E-state index contributed by atoms with van der Waals surface area (Å²) >= 11 is 0. The maximum atomic E-state index is 13.1. The molecule has 0 amide bonds. The molecule has 1 N–H and O–H groups in total. The zero-order chi connectivity index (χ0) is 22.3. The summed E-state index contributed by atoms with van der Waals surface area (Å²) < 4.78 is 49.5. The second-order valence-corrected chi connectivity index (χ2v) is 6.99. The average molecular weight is 438 g/mol. The van der Waals surface area contributed by atoms with E-state index in [1.54, 1.807) is 6.92 Å². The van der Waals surface area contributed by atoms with Gasteiger partial charge in [-0.15, -0.1) is 0 Å². The number of carbonyl (C=O) groups is 1. The first-order valence-electron chi connectivity index (χ1n) is 10.1. The molecule has 0 bridgehead atoms. The van der Waals surface area contributed by atoms with E-state index in [0.717, 1.165) is 38.2 Å². The van der Waals surface area contributed by atoms with E-state index in [4.69, 9.17) is 9.47 Å². The van der Waals surface area contributed by atoms with E-state index in [1.807, 2.05) is 0 Å². The van der Waals surface area contributed by atoms with Crippen molar-refractivity contribution in [3.05, 3.63) is 41.6 Å². The number of morpholine rings is 1. The van der Waals surface area contributed by atoms with E-state index in [1.165, 1.54) is 18.3 Å². The third-order valence-electron chi connectivity index (χ3n) is 4.78. The Morgan fingerprint density at radius 1 is 1.29 bits per heavy atom. The number of rotatable bonds is 8. The number of ether oxygens (including phenoxy) is 2. The van der Waals surface area contributed by atoms with Crippen LogP contribution < -0.4 is 5.32 Å². The predicted octanol–water partition coefficient (Wildman–Crippen LogP) is 3.47. The zero-order valence-corrected chi connectivity index (χ0v) is 17.2. The number of anilines is 1. The minimum atomic E-state index is -4.47. The molecule has 0 unspecified atom stereocenters. The Labute approximate surface area is 178 Å². The Morgan fingerprint density at radius 3 is 2.77 bits per heavy atom. The smallest absolute Gasteiger partial charge is 0.416 e. The summed E-state index contributed by atoms with van der Waals surface area (Å²) in [7, 11) is 0. The Balaban J connectivity index is 1.77. The highest BCUT2D eigenvalue weighted by Crippen LogP contribution is 2.31. The molecule has 0 saturated carbocycles. The van der Waals surface area contributed by atoms with Crippen LogP contribution in [-0.4, -0.2) is 66.8 Å². The van der Waals surface area contributed by atoms with Crippen LogP contribution in [0.4, 0.5) is 19.0 Å². The zero-order valence-electron chi connectivity index (χ0n) is 17.2. The highest BCUT2D eigenvalue weighted by Gasteiger charge is 2.30. The van der Waals surface area contributed by atoms with Crippen molar-refractivity contribution in [3.8, 4) is 11.4 Å². The highest BCUT2D eigenvalue weighted by molar-refractivity contribution is 5.94. The van der Waals surface area contributed by atoms with Crippen LogP contribution in [0.15, 0.2) is 30.5 Å². The first-order chi connectivity index (χ1) is 14.9. The maximum absolute atomic E-state index is 13.1. The summed E-state index contributed by atoms with van der Waals surface area (Å²) in [6.07, 6.45) is -2.39. The first-order valence-corrected chi connectivity index (χ1v) is 10.1. The van der Waals surface area contributed by atoms with E-state index in [2.05, 4.69) is 20.2 Å². The van der Waals surface area contributed by atoms with Crippen LogP contribution >= 0.6 is 0 Å². The lowest BCUT2D eigenvalue weighted by Crippen LogP contribution is -2.37. The molecule has 10 heteroatoms. The van der Waals surface area contributed by atoms with Gasteiger partial charge in [-0.2, -0.15) is 13.2 Å². The van der Waals surface area contributed by atoms with Crippen molar-refractivity contribution in [2.45, 2.75) is 19.5 Å². The SMILES string of the molecule is CCOC(=O)c1cnc(-c2cccc(C(F)(F)F)c2)nc1NCCCN1CCOCC1. The van der Waals surface area contributed by atoms with Gasteiger partial charge in [-0.3, -0.25) is 4.90 Å². The Morgan fingerprint density at radius 2 is 2.06 bits per heavy atom. The molecule has 1 aliphatic rings. The number of nitrogens with zero attached hydrogens (tertiary/aromatic N) is 3. The van der Waals surface area contributed by atoms with Crippen LogP contribution in [0.5, 0.6) is 0 Å². The number of nitrogens with one attached hydrogen (secondary N) is 1. The van der Waals surface area contributed by atoms with Crippen molar-refractivity contribution >= 4 is 11.8 Å². The third-order valence-corrected chi connectivity index (χ3v) is 4.78. The molecular formula is C21H25F3N4O3. The Kier molecular flexibility index (Phi) is 7.80. The average Bonchev–Trinajstić information content (AvgIpc) is 2.77. The lowest BCUT2D eigenvalue weighted by atomic mass is 10.1. The molecule has 0 spiro atoms. The number of hydrogen-bond acceptors (Lipinski definition) is 7.